The Balaban J connectivity index is 1.20. The summed E-state index contributed by atoms with van der Waals surface area (Å²) in [4.78, 5) is 12.7. The van der Waals surface area contributed by atoms with E-state index in [0.29, 0.717) is 17.5 Å². The van der Waals surface area contributed by atoms with E-state index in [1.54, 1.807) is 0 Å². The summed E-state index contributed by atoms with van der Waals surface area (Å²) in [6.07, 6.45) is 6.21. The van der Waals surface area contributed by atoms with Crippen LogP contribution in [0.5, 0.6) is 5.75 Å². The van der Waals surface area contributed by atoms with Crippen molar-refractivity contribution in [3.63, 3.8) is 0 Å². The summed E-state index contributed by atoms with van der Waals surface area (Å²) >= 11 is 0. The molecule has 6 heteroatoms. The number of hydrogen-bond donors (Lipinski definition) is 3. The van der Waals surface area contributed by atoms with Crippen molar-refractivity contribution in [2.24, 2.45) is 13.0 Å². The van der Waals surface area contributed by atoms with E-state index in [-0.39, 0.29) is 5.91 Å². The number of benzene rings is 2. The van der Waals surface area contributed by atoms with E-state index in [1.165, 1.54) is 18.5 Å². The molecule has 34 heavy (non-hydrogen) atoms. The Hall–Kier alpha value is -2.83. The van der Waals surface area contributed by atoms with Crippen LogP contribution < -0.4 is 15.4 Å². The molecule has 180 valence electrons. The largest absolute Gasteiger partial charge is 0.493 e. The Labute approximate surface area is 201 Å². The molecule has 3 N–H and O–H groups in total. The molecule has 0 spiro atoms. The van der Waals surface area contributed by atoms with Crippen LogP contribution in [0, 0.1) is 5.92 Å². The Bertz CT molecular complexity index is 1150. The second-order valence-electron chi connectivity index (χ2n) is 10.4. The van der Waals surface area contributed by atoms with Gasteiger partial charge in [0, 0.05) is 47.5 Å². The predicted octanol–water partition coefficient (Wildman–Crippen LogP) is 5.00. The molecule has 2 aliphatic rings. The molecule has 0 unspecified atom stereocenters. The van der Waals surface area contributed by atoms with E-state index < -0.39 is 5.60 Å². The number of hydrogen-bond acceptors (Lipinski definition) is 4. The van der Waals surface area contributed by atoms with E-state index in [9.17, 15) is 9.90 Å². The second kappa shape index (κ2) is 9.43. The third-order valence-corrected chi connectivity index (χ3v) is 7.33. The maximum atomic E-state index is 12.7. The zero-order valence-corrected chi connectivity index (χ0v) is 20.1. The van der Waals surface area contributed by atoms with Crippen molar-refractivity contribution in [2.75, 3.05) is 11.9 Å². The summed E-state index contributed by atoms with van der Waals surface area (Å²) in [6.45, 7) is 3.49. The van der Waals surface area contributed by atoms with E-state index in [2.05, 4.69) is 34.4 Å². The fourth-order valence-electron chi connectivity index (χ4n) is 4.75. The number of fused-ring (bicyclic) bond motifs is 1. The van der Waals surface area contributed by atoms with E-state index in [0.717, 1.165) is 61.2 Å². The Morgan fingerprint density at radius 2 is 1.82 bits per heavy atom. The van der Waals surface area contributed by atoms with Crippen molar-refractivity contribution >= 4 is 22.5 Å². The molecule has 2 aromatic carbocycles. The molecule has 2 aliphatic carbocycles. The summed E-state index contributed by atoms with van der Waals surface area (Å²) in [6, 6.07) is 16.0. The number of aryl methyl sites for hydroxylation is 1. The highest BCUT2D eigenvalue weighted by Gasteiger charge is 2.28. The number of anilines is 1. The van der Waals surface area contributed by atoms with Crippen LogP contribution in [-0.2, 0) is 13.6 Å². The van der Waals surface area contributed by atoms with Crippen LogP contribution in [0.3, 0.4) is 0 Å². The van der Waals surface area contributed by atoms with Gasteiger partial charge in [0.05, 0.1) is 12.2 Å². The lowest BCUT2D eigenvalue weighted by Gasteiger charge is -2.33. The first-order valence-corrected chi connectivity index (χ1v) is 12.4. The molecule has 1 heterocycles. The van der Waals surface area contributed by atoms with Gasteiger partial charge in [0.25, 0.3) is 5.91 Å². The van der Waals surface area contributed by atoms with Gasteiger partial charge >= 0.3 is 0 Å². The minimum absolute atomic E-state index is 0.126. The molecular weight excluding hydrogens is 426 g/mol. The number of aromatic nitrogens is 1. The van der Waals surface area contributed by atoms with Crippen LogP contribution in [-0.4, -0.2) is 33.8 Å². The van der Waals surface area contributed by atoms with E-state index >= 15 is 0 Å². The van der Waals surface area contributed by atoms with Crippen LogP contribution in [0.2, 0.25) is 0 Å². The quantitative estimate of drug-likeness (QED) is 0.441. The maximum Gasteiger partial charge on any atom is 0.255 e. The molecule has 0 saturated heterocycles. The normalized spacial score (nSPS) is 22.6. The number of ether oxygens (including phenoxy) is 1. The highest BCUT2D eigenvalue weighted by Crippen LogP contribution is 2.30. The maximum absolute atomic E-state index is 12.7. The zero-order chi connectivity index (χ0) is 23.7. The zero-order valence-electron chi connectivity index (χ0n) is 20.1. The number of nitrogens with one attached hydrogen (secondary N) is 2. The first kappa shape index (κ1) is 22.9. The van der Waals surface area contributed by atoms with Gasteiger partial charge in [-0.1, -0.05) is 0 Å². The van der Waals surface area contributed by atoms with Crippen LogP contribution in [0.4, 0.5) is 5.69 Å². The summed E-state index contributed by atoms with van der Waals surface area (Å²) in [5, 5.41) is 17.9. The predicted molar refractivity (Wildman–Crippen MR) is 135 cm³/mol. The van der Waals surface area contributed by atoms with Crippen LogP contribution in [0.1, 0.15) is 61.5 Å². The number of carbonyl (C=O) groups is 1. The smallest absolute Gasteiger partial charge is 0.255 e. The highest BCUT2D eigenvalue weighted by molar-refractivity contribution is 6.05. The third kappa shape index (κ3) is 5.45. The monoisotopic (exact) mass is 461 g/mol. The van der Waals surface area contributed by atoms with Crippen molar-refractivity contribution < 1.29 is 14.6 Å². The molecule has 5 rings (SSSR count). The van der Waals surface area contributed by atoms with Crippen molar-refractivity contribution in [1.29, 1.82) is 0 Å². The van der Waals surface area contributed by atoms with Gasteiger partial charge in [-0.2, -0.15) is 0 Å². The standard InChI is InChI=1S/C28H35N3O3/c1-28(33)13-11-22(12-14-28)29-17-24-16-21-15-23(7-10-26(21)31(24)2)30-27(32)20-5-8-25(9-6-20)34-18-19-3-4-19/h5-10,15-16,19,22,29,33H,3-4,11-14,17-18H2,1-2H3,(H,30,32). The van der Waals surface area contributed by atoms with Crippen molar-refractivity contribution in [3.05, 3.63) is 59.8 Å². The third-order valence-electron chi connectivity index (χ3n) is 7.33. The molecule has 6 nitrogen and oxygen atoms in total. The highest BCUT2D eigenvalue weighted by atomic mass is 16.5. The van der Waals surface area contributed by atoms with Gasteiger partial charge in [0.1, 0.15) is 5.75 Å². The van der Waals surface area contributed by atoms with Gasteiger partial charge in [-0.15, -0.1) is 0 Å². The molecule has 0 radical (unpaired) electrons. The van der Waals surface area contributed by atoms with Gasteiger partial charge < -0.3 is 25.0 Å². The summed E-state index contributed by atoms with van der Waals surface area (Å²) in [5.74, 6) is 1.39. The number of nitrogens with zero attached hydrogens (tertiary/aromatic N) is 1. The molecule has 1 aromatic heterocycles. The molecule has 2 fully saturated rings. The Morgan fingerprint density at radius 3 is 2.53 bits per heavy atom. The lowest BCUT2D eigenvalue weighted by atomic mass is 9.84. The summed E-state index contributed by atoms with van der Waals surface area (Å²) in [7, 11) is 2.08. The number of carbonyl (C=O) groups excluding carboxylic acids is 1. The molecule has 2 saturated carbocycles. The number of aliphatic hydroxyl groups is 1. The summed E-state index contributed by atoms with van der Waals surface area (Å²) in [5.41, 5.74) is 3.23. The van der Waals surface area contributed by atoms with Crippen molar-refractivity contribution in [1.82, 2.24) is 9.88 Å². The van der Waals surface area contributed by atoms with Gasteiger partial charge in [0.2, 0.25) is 0 Å². The molecule has 0 atom stereocenters. The van der Waals surface area contributed by atoms with Crippen LogP contribution in [0.15, 0.2) is 48.5 Å². The first-order valence-electron chi connectivity index (χ1n) is 12.4. The minimum atomic E-state index is -0.509. The van der Waals surface area contributed by atoms with Gasteiger partial charge in [-0.25, -0.2) is 0 Å². The Morgan fingerprint density at radius 1 is 1.09 bits per heavy atom. The summed E-state index contributed by atoms with van der Waals surface area (Å²) < 4.78 is 7.96. The second-order valence-corrected chi connectivity index (χ2v) is 10.4. The van der Waals surface area contributed by atoms with Crippen molar-refractivity contribution in [2.45, 2.75) is 63.6 Å². The SMILES string of the molecule is Cn1c(CNC2CCC(C)(O)CC2)cc2cc(NC(=O)c3ccc(OCC4CC4)cc3)ccc21. The minimum Gasteiger partial charge on any atom is -0.493 e. The molecule has 3 aromatic rings. The first-order chi connectivity index (χ1) is 16.4. The molecule has 0 bridgehead atoms. The average molecular weight is 462 g/mol. The average Bonchev–Trinajstić information content (AvgIpc) is 3.60. The number of amides is 1. The van der Waals surface area contributed by atoms with Gasteiger partial charge in [-0.3, -0.25) is 4.79 Å². The molecule has 1 amide bonds. The lowest BCUT2D eigenvalue weighted by molar-refractivity contribution is 0.0139. The van der Waals surface area contributed by atoms with Crippen LogP contribution in [0.25, 0.3) is 10.9 Å². The van der Waals surface area contributed by atoms with Crippen LogP contribution >= 0.6 is 0 Å². The molecular formula is C28H35N3O3. The number of rotatable bonds is 8. The topological polar surface area (TPSA) is 75.5 Å². The Kier molecular flexibility index (Phi) is 6.36. The van der Waals surface area contributed by atoms with Gasteiger partial charge in [-0.05, 0) is 99.9 Å². The fraction of sp³-hybridized carbons (Fsp3) is 0.464. The van der Waals surface area contributed by atoms with E-state index in [1.807, 2.05) is 43.3 Å². The van der Waals surface area contributed by atoms with Crippen molar-refractivity contribution in [3.8, 4) is 5.75 Å². The molecule has 0 aliphatic heterocycles. The van der Waals surface area contributed by atoms with Gasteiger partial charge in [0.15, 0.2) is 0 Å². The fourth-order valence-corrected chi connectivity index (χ4v) is 4.75. The lowest BCUT2D eigenvalue weighted by Crippen LogP contribution is -2.39. The van der Waals surface area contributed by atoms with E-state index in [4.69, 9.17) is 4.74 Å².